The Morgan fingerprint density at radius 1 is 0.982 bits per heavy atom. The van der Waals surface area contributed by atoms with Gasteiger partial charge >= 0.3 is 0 Å². The summed E-state index contributed by atoms with van der Waals surface area (Å²) < 4.78 is 12.8. The van der Waals surface area contributed by atoms with Crippen LogP contribution in [0.1, 0.15) is 54.9 Å². The molecule has 2 saturated heterocycles. The van der Waals surface area contributed by atoms with Crippen LogP contribution < -0.4 is 19.7 Å². The van der Waals surface area contributed by atoms with Crippen molar-refractivity contribution in [3.8, 4) is 5.75 Å². The van der Waals surface area contributed by atoms with Gasteiger partial charge in [-0.25, -0.2) is 0 Å². The van der Waals surface area contributed by atoms with Crippen LogP contribution in [0.2, 0.25) is 23.7 Å². The van der Waals surface area contributed by atoms with E-state index in [4.69, 9.17) is 21.1 Å². The minimum Gasteiger partial charge on any atom is -0.497 e. The molecule has 4 aromatic carbocycles. The van der Waals surface area contributed by atoms with E-state index in [9.17, 15) is 14.7 Å². The van der Waals surface area contributed by atoms with E-state index in [0.29, 0.717) is 36.5 Å². The molecule has 8 rings (SSSR count). The number of anilines is 2. The normalized spacial score (nSPS) is 24.8. The molecule has 292 valence electrons. The fraction of sp³-hybridized carbons (Fsp3) is 0.400. The molecule has 0 saturated carbocycles. The number of amides is 3. The van der Waals surface area contributed by atoms with Gasteiger partial charge in [-0.1, -0.05) is 85.3 Å². The summed E-state index contributed by atoms with van der Waals surface area (Å²) in [5, 5.41) is 12.2. The Kier molecular flexibility index (Phi) is 10.4. The first-order chi connectivity index (χ1) is 27.0. The fourth-order valence-electron chi connectivity index (χ4n) is 10.1. The molecule has 4 heterocycles. The highest BCUT2D eigenvalue weighted by Gasteiger charge is 2.66. The molecule has 0 unspecified atom stereocenters. The van der Waals surface area contributed by atoms with E-state index in [-0.39, 0.29) is 54.8 Å². The van der Waals surface area contributed by atoms with Crippen molar-refractivity contribution >= 4 is 54.0 Å². The summed E-state index contributed by atoms with van der Waals surface area (Å²) in [7, 11) is -0.886. The van der Waals surface area contributed by atoms with Gasteiger partial charge < -0.3 is 29.3 Å². The maximum absolute atomic E-state index is 15.4. The molecule has 4 aromatic rings. The van der Waals surface area contributed by atoms with E-state index in [0.717, 1.165) is 46.7 Å². The number of aliphatic hydroxyl groups excluding tert-OH is 1. The van der Waals surface area contributed by atoms with Gasteiger partial charge in [0.15, 0.2) is 5.60 Å². The lowest BCUT2D eigenvalue weighted by Crippen LogP contribution is -2.52. The number of piperidine rings is 1. The quantitative estimate of drug-likeness (QED) is 0.184. The summed E-state index contributed by atoms with van der Waals surface area (Å²) in [6.07, 6.45) is 2.44. The maximum Gasteiger partial charge on any atom is 0.264 e. The Hall–Kier alpha value is -4.48. The molecule has 2 fully saturated rings. The third kappa shape index (κ3) is 6.54. The van der Waals surface area contributed by atoms with Gasteiger partial charge in [-0.2, -0.15) is 0 Å². The zero-order valence-corrected chi connectivity index (χ0v) is 34.3. The van der Waals surface area contributed by atoms with Crippen molar-refractivity contribution in [2.45, 2.75) is 88.5 Å². The number of nitrogens with zero attached hydrogens (tertiary/aromatic N) is 3. The van der Waals surface area contributed by atoms with Crippen molar-refractivity contribution in [2.75, 3.05) is 30.1 Å². The second-order valence-corrected chi connectivity index (χ2v) is 21.5. The van der Waals surface area contributed by atoms with Crippen LogP contribution in [-0.2, 0) is 44.2 Å². The largest absolute Gasteiger partial charge is 0.497 e. The van der Waals surface area contributed by atoms with Gasteiger partial charge in [0.1, 0.15) is 5.75 Å². The summed E-state index contributed by atoms with van der Waals surface area (Å²) in [5.74, 6) is 0.270. The summed E-state index contributed by atoms with van der Waals surface area (Å²) in [6.45, 7) is 7.92. The van der Waals surface area contributed by atoms with Gasteiger partial charge in [0.05, 0.1) is 52.6 Å². The maximum atomic E-state index is 15.4. The number of halogens is 1. The number of ether oxygens (including phenoxy) is 2. The Bertz CT molecular complexity index is 2160. The standard InChI is InChI=1S/C45H50ClN3O6Si/c1-29-43(56(3,4)37-18-16-36(54-2)17-19-37)40(25-42(52)48-27-32-12-6-5-11-31(32)23-35(48)28-50)55-45(29)38-24-33(46)15-20-39(38)49(44(45)53)26-30-10-9-13-34(22-30)47-21-8-7-14-41(47)51/h5-6,9-13,15-20,22,24,29,35,40,43,50H,7-8,14,21,23,25-28H2,1-4H3/t29-,35-,40+,43-,45+/m0/s1. The second kappa shape index (κ2) is 15.1. The molecule has 11 heteroatoms. The van der Waals surface area contributed by atoms with Crippen molar-refractivity contribution in [1.29, 1.82) is 0 Å². The Balaban J connectivity index is 1.18. The van der Waals surface area contributed by atoms with Gasteiger partial charge in [0.25, 0.3) is 5.91 Å². The summed E-state index contributed by atoms with van der Waals surface area (Å²) in [5.41, 5.74) is 3.84. The first kappa shape index (κ1) is 38.4. The Labute approximate surface area is 335 Å². The van der Waals surface area contributed by atoms with Crippen molar-refractivity contribution in [1.82, 2.24) is 4.90 Å². The molecule has 4 aliphatic heterocycles. The number of carbonyl (C=O) groups is 3. The van der Waals surface area contributed by atoms with Crippen molar-refractivity contribution in [3.63, 3.8) is 0 Å². The van der Waals surface area contributed by atoms with Gasteiger partial charge in [-0.3, -0.25) is 14.4 Å². The number of hydrogen-bond acceptors (Lipinski definition) is 6. The van der Waals surface area contributed by atoms with Gasteiger partial charge in [0.2, 0.25) is 11.8 Å². The summed E-state index contributed by atoms with van der Waals surface area (Å²) in [4.78, 5) is 48.3. The molecule has 56 heavy (non-hydrogen) atoms. The third-order valence-corrected chi connectivity index (χ3v) is 17.5. The molecule has 1 spiro atoms. The number of fused-ring (bicyclic) bond motifs is 3. The average molecular weight is 792 g/mol. The molecule has 9 nitrogen and oxygen atoms in total. The van der Waals surface area contributed by atoms with Crippen LogP contribution >= 0.6 is 11.6 Å². The van der Waals surface area contributed by atoms with Crippen molar-refractivity contribution < 1.29 is 29.0 Å². The lowest BCUT2D eigenvalue weighted by molar-refractivity contribution is -0.151. The predicted octanol–water partition coefficient (Wildman–Crippen LogP) is 6.96. The van der Waals surface area contributed by atoms with E-state index in [2.05, 4.69) is 38.2 Å². The monoisotopic (exact) mass is 791 g/mol. The molecule has 0 aliphatic carbocycles. The number of hydrogen-bond donors (Lipinski definition) is 1. The van der Waals surface area contributed by atoms with E-state index < -0.39 is 19.8 Å². The van der Waals surface area contributed by atoms with Crippen LogP contribution in [-0.4, -0.2) is 68.2 Å². The molecule has 3 amide bonds. The Morgan fingerprint density at radius 2 is 1.75 bits per heavy atom. The van der Waals surface area contributed by atoms with Crippen LogP contribution in [0.4, 0.5) is 11.4 Å². The van der Waals surface area contributed by atoms with E-state index >= 15 is 4.79 Å². The molecule has 0 bridgehead atoms. The van der Waals surface area contributed by atoms with Gasteiger partial charge in [-0.15, -0.1) is 0 Å². The highest BCUT2D eigenvalue weighted by atomic mass is 35.5. The predicted molar refractivity (Wildman–Crippen MR) is 221 cm³/mol. The van der Waals surface area contributed by atoms with Crippen molar-refractivity contribution in [2.24, 2.45) is 5.92 Å². The fourth-order valence-corrected chi connectivity index (χ4v) is 14.2. The number of aliphatic hydroxyl groups is 1. The zero-order valence-electron chi connectivity index (χ0n) is 32.5. The molecular formula is C45H50ClN3O6Si. The van der Waals surface area contributed by atoms with Crippen molar-refractivity contribution in [3.05, 3.63) is 118 Å². The first-order valence-electron chi connectivity index (χ1n) is 19.8. The van der Waals surface area contributed by atoms with Crippen LogP contribution in [0, 0.1) is 5.92 Å². The first-order valence-corrected chi connectivity index (χ1v) is 23.2. The smallest absolute Gasteiger partial charge is 0.264 e. The van der Waals surface area contributed by atoms with E-state index in [1.54, 1.807) is 23.0 Å². The number of rotatable bonds is 9. The van der Waals surface area contributed by atoms with Crippen LogP contribution in [0.3, 0.4) is 0 Å². The van der Waals surface area contributed by atoms with E-state index in [1.807, 2.05) is 71.6 Å². The van der Waals surface area contributed by atoms with Gasteiger partial charge in [0, 0.05) is 41.7 Å². The lowest BCUT2D eigenvalue weighted by Gasteiger charge is -2.39. The minimum absolute atomic E-state index is 0.0666. The van der Waals surface area contributed by atoms with Gasteiger partial charge in [-0.05, 0) is 84.0 Å². The molecule has 0 radical (unpaired) electrons. The topological polar surface area (TPSA) is 99.6 Å². The number of carbonyl (C=O) groups excluding carboxylic acids is 3. The summed E-state index contributed by atoms with van der Waals surface area (Å²) >= 11 is 6.74. The molecule has 5 atom stereocenters. The molecule has 4 aliphatic rings. The van der Waals surface area contributed by atoms with Crippen LogP contribution in [0.15, 0.2) is 91.0 Å². The molecular weight excluding hydrogens is 742 g/mol. The van der Waals surface area contributed by atoms with Crippen LogP contribution in [0.25, 0.3) is 0 Å². The number of benzene rings is 4. The third-order valence-electron chi connectivity index (χ3n) is 12.9. The second-order valence-electron chi connectivity index (χ2n) is 16.4. The number of methoxy groups -OCH3 is 1. The van der Waals surface area contributed by atoms with Crippen LogP contribution in [0.5, 0.6) is 5.75 Å². The highest BCUT2D eigenvalue weighted by Crippen LogP contribution is 2.60. The SMILES string of the molecule is COc1ccc([Si](C)(C)[C@@H]2[C@@H](CC(=O)N3Cc4ccccc4C[C@H]3CO)O[C@]3(C(=O)N(Cc4cccc(N5CCCCC5=O)c4)c4ccc(Cl)cc43)[C@H]2C)cc1. The minimum atomic E-state index is -2.54. The average Bonchev–Trinajstić information content (AvgIpc) is 3.63. The Morgan fingerprint density at radius 3 is 2.48 bits per heavy atom. The van der Waals surface area contributed by atoms with E-state index in [1.165, 1.54) is 5.19 Å². The molecule has 0 aromatic heterocycles. The summed E-state index contributed by atoms with van der Waals surface area (Å²) in [6, 6.07) is 29.4. The zero-order chi connectivity index (χ0) is 39.4. The lowest BCUT2D eigenvalue weighted by atomic mass is 9.82. The molecule has 1 N–H and O–H groups in total. The highest BCUT2D eigenvalue weighted by molar-refractivity contribution is 6.91.